The van der Waals surface area contributed by atoms with Gasteiger partial charge in [0.2, 0.25) is 5.56 Å². The molecule has 6 heteroatoms. The van der Waals surface area contributed by atoms with Gasteiger partial charge >= 0.3 is 0 Å². The zero-order chi connectivity index (χ0) is 10.0. The van der Waals surface area contributed by atoms with E-state index in [-0.39, 0.29) is 6.29 Å². The van der Waals surface area contributed by atoms with E-state index >= 15 is 0 Å². The summed E-state index contributed by atoms with van der Waals surface area (Å²) in [5, 5.41) is 9.00. The quantitative estimate of drug-likeness (QED) is 0.677. The molecule has 0 atom stereocenters. The van der Waals surface area contributed by atoms with Gasteiger partial charge in [-0.2, -0.15) is 0 Å². The normalized spacial score (nSPS) is 10.4. The third-order valence-corrected chi connectivity index (χ3v) is 1.43. The minimum absolute atomic E-state index is 0.0998. The monoisotopic (exact) mass is 189 g/mol. The minimum Gasteiger partial charge on any atom is -0.505 e. The standard InChI is InChI=1S/C7H5F2NO3/c8-7(9)3-1-5(12)10-4(2-11)6(3)13/h1-2,7,13H,(H,10,12). The molecule has 0 spiro atoms. The van der Waals surface area contributed by atoms with Gasteiger partial charge in [0.15, 0.2) is 12.0 Å². The molecule has 4 nitrogen and oxygen atoms in total. The molecule has 0 saturated heterocycles. The number of H-pyrrole nitrogens is 1. The van der Waals surface area contributed by atoms with Crippen molar-refractivity contribution in [1.82, 2.24) is 4.98 Å². The van der Waals surface area contributed by atoms with Crippen LogP contribution in [0.4, 0.5) is 8.78 Å². The SMILES string of the molecule is O=Cc1[nH]c(=O)cc(C(F)F)c1O. The molecule has 2 N–H and O–H groups in total. The smallest absolute Gasteiger partial charge is 0.267 e. The van der Waals surface area contributed by atoms with E-state index in [0.29, 0.717) is 6.07 Å². The van der Waals surface area contributed by atoms with E-state index in [1.807, 2.05) is 4.98 Å². The molecule has 13 heavy (non-hydrogen) atoms. The van der Waals surface area contributed by atoms with Crippen LogP contribution in [-0.2, 0) is 0 Å². The lowest BCUT2D eigenvalue weighted by molar-refractivity contribution is 0.111. The number of hydrogen-bond donors (Lipinski definition) is 2. The molecule has 0 bridgehead atoms. The maximum atomic E-state index is 12.1. The van der Waals surface area contributed by atoms with Crippen LogP contribution >= 0.6 is 0 Å². The summed E-state index contributed by atoms with van der Waals surface area (Å²) in [6, 6.07) is 0.549. The van der Waals surface area contributed by atoms with Gasteiger partial charge in [-0.25, -0.2) is 8.78 Å². The highest BCUT2D eigenvalue weighted by atomic mass is 19.3. The van der Waals surface area contributed by atoms with Gasteiger partial charge in [-0.15, -0.1) is 0 Å². The van der Waals surface area contributed by atoms with Crippen LogP contribution in [0, 0.1) is 0 Å². The number of aldehydes is 1. The third kappa shape index (κ3) is 1.71. The second-order valence-electron chi connectivity index (χ2n) is 2.27. The predicted molar refractivity (Wildman–Crippen MR) is 39.1 cm³/mol. The molecule has 0 unspecified atom stereocenters. The van der Waals surface area contributed by atoms with E-state index < -0.39 is 29.0 Å². The molecule has 0 radical (unpaired) electrons. The van der Waals surface area contributed by atoms with Gasteiger partial charge in [0.25, 0.3) is 6.43 Å². The zero-order valence-corrected chi connectivity index (χ0v) is 6.25. The molecule has 0 fully saturated rings. The molecule has 0 aliphatic heterocycles. The summed E-state index contributed by atoms with van der Waals surface area (Å²) in [5.74, 6) is -0.885. The van der Waals surface area contributed by atoms with E-state index in [4.69, 9.17) is 5.11 Å². The number of hydrogen-bond acceptors (Lipinski definition) is 3. The van der Waals surface area contributed by atoms with Gasteiger partial charge < -0.3 is 10.1 Å². The summed E-state index contributed by atoms with van der Waals surface area (Å²) in [7, 11) is 0. The minimum atomic E-state index is -2.99. The van der Waals surface area contributed by atoms with Crippen LogP contribution in [0.15, 0.2) is 10.9 Å². The molecule has 0 aliphatic rings. The lowest BCUT2D eigenvalue weighted by atomic mass is 10.2. The Balaban J connectivity index is 3.44. The van der Waals surface area contributed by atoms with Crippen molar-refractivity contribution in [2.45, 2.75) is 6.43 Å². The summed E-state index contributed by atoms with van der Waals surface area (Å²) >= 11 is 0. The number of rotatable bonds is 2. The Morgan fingerprint density at radius 2 is 2.15 bits per heavy atom. The van der Waals surface area contributed by atoms with Crippen LogP contribution in [0.2, 0.25) is 0 Å². The highest BCUT2D eigenvalue weighted by molar-refractivity contribution is 5.76. The Morgan fingerprint density at radius 1 is 1.54 bits per heavy atom. The highest BCUT2D eigenvalue weighted by Crippen LogP contribution is 2.27. The fourth-order valence-electron chi connectivity index (χ4n) is 0.845. The van der Waals surface area contributed by atoms with Crippen molar-refractivity contribution in [3.63, 3.8) is 0 Å². The number of aromatic nitrogens is 1. The third-order valence-electron chi connectivity index (χ3n) is 1.43. The summed E-state index contributed by atoms with van der Waals surface area (Å²) in [5.41, 5.74) is -2.23. The lowest BCUT2D eigenvalue weighted by Crippen LogP contribution is -2.09. The van der Waals surface area contributed by atoms with E-state index in [2.05, 4.69) is 0 Å². The number of alkyl halides is 2. The number of nitrogens with one attached hydrogen (secondary N) is 1. The summed E-state index contributed by atoms with van der Waals surface area (Å²) < 4.78 is 24.2. The van der Waals surface area contributed by atoms with E-state index in [1.165, 1.54) is 0 Å². The molecule has 0 amide bonds. The molecule has 1 aromatic heterocycles. The Morgan fingerprint density at radius 3 is 2.62 bits per heavy atom. The van der Waals surface area contributed by atoms with Crippen molar-refractivity contribution in [2.24, 2.45) is 0 Å². The molecule has 70 valence electrons. The molecular weight excluding hydrogens is 184 g/mol. The largest absolute Gasteiger partial charge is 0.505 e. The fourth-order valence-corrected chi connectivity index (χ4v) is 0.845. The van der Waals surface area contributed by atoms with E-state index in [0.717, 1.165) is 0 Å². The van der Waals surface area contributed by atoms with Gasteiger partial charge in [-0.3, -0.25) is 9.59 Å². The van der Waals surface area contributed by atoms with Gasteiger partial charge in [-0.1, -0.05) is 0 Å². The summed E-state index contributed by atoms with van der Waals surface area (Å²) in [6.45, 7) is 0. The lowest BCUT2D eigenvalue weighted by Gasteiger charge is -2.03. The average Bonchev–Trinajstić information content (AvgIpc) is 2.08. The Hall–Kier alpha value is -1.72. The molecule has 1 aromatic rings. The Labute approximate surface area is 70.8 Å². The van der Waals surface area contributed by atoms with E-state index in [9.17, 15) is 18.4 Å². The molecular formula is C7H5F2NO3. The topological polar surface area (TPSA) is 70.2 Å². The van der Waals surface area contributed by atoms with Crippen molar-refractivity contribution in [2.75, 3.05) is 0 Å². The van der Waals surface area contributed by atoms with E-state index in [1.54, 1.807) is 0 Å². The second kappa shape index (κ2) is 3.34. The van der Waals surface area contributed by atoms with Crippen LogP contribution in [-0.4, -0.2) is 16.4 Å². The van der Waals surface area contributed by atoms with Crippen LogP contribution in [0.1, 0.15) is 22.5 Å². The van der Waals surface area contributed by atoms with Gasteiger partial charge in [0.1, 0.15) is 5.69 Å². The first-order valence-corrected chi connectivity index (χ1v) is 3.25. The Kier molecular flexibility index (Phi) is 2.41. The Bertz CT molecular complexity index is 386. The van der Waals surface area contributed by atoms with Crippen molar-refractivity contribution >= 4 is 6.29 Å². The molecule has 1 rings (SSSR count). The maximum absolute atomic E-state index is 12.1. The highest BCUT2D eigenvalue weighted by Gasteiger charge is 2.16. The van der Waals surface area contributed by atoms with Crippen LogP contribution in [0.3, 0.4) is 0 Å². The van der Waals surface area contributed by atoms with Gasteiger partial charge in [-0.05, 0) is 0 Å². The second-order valence-corrected chi connectivity index (χ2v) is 2.27. The number of aromatic amines is 1. The van der Waals surface area contributed by atoms with Crippen molar-refractivity contribution < 1.29 is 18.7 Å². The summed E-state index contributed by atoms with van der Waals surface area (Å²) in [6.07, 6.45) is -2.89. The molecule has 0 aliphatic carbocycles. The van der Waals surface area contributed by atoms with Crippen LogP contribution < -0.4 is 5.56 Å². The number of aromatic hydroxyl groups is 1. The molecule has 0 saturated carbocycles. The first-order chi connectivity index (χ1) is 6.06. The average molecular weight is 189 g/mol. The summed E-state index contributed by atoms with van der Waals surface area (Å²) in [4.78, 5) is 22.8. The van der Waals surface area contributed by atoms with Crippen LogP contribution in [0.5, 0.6) is 5.75 Å². The van der Waals surface area contributed by atoms with Crippen molar-refractivity contribution in [3.05, 3.63) is 27.7 Å². The first-order valence-electron chi connectivity index (χ1n) is 3.25. The number of halogens is 2. The maximum Gasteiger partial charge on any atom is 0.267 e. The zero-order valence-electron chi connectivity index (χ0n) is 6.25. The molecule has 0 aromatic carbocycles. The predicted octanol–water partition coefficient (Wildman–Crippen LogP) is 0.831. The van der Waals surface area contributed by atoms with Crippen molar-refractivity contribution in [1.29, 1.82) is 0 Å². The van der Waals surface area contributed by atoms with Gasteiger partial charge in [0.05, 0.1) is 5.56 Å². The number of carbonyl (C=O) groups excluding carboxylic acids is 1. The number of pyridine rings is 1. The fraction of sp³-hybridized carbons (Fsp3) is 0.143. The molecule has 1 heterocycles. The number of carbonyl (C=O) groups is 1. The van der Waals surface area contributed by atoms with Crippen LogP contribution in [0.25, 0.3) is 0 Å². The first kappa shape index (κ1) is 9.37. The van der Waals surface area contributed by atoms with Crippen molar-refractivity contribution in [3.8, 4) is 5.75 Å². The van der Waals surface area contributed by atoms with Gasteiger partial charge in [0, 0.05) is 6.07 Å².